The maximum absolute atomic E-state index is 12.6. The van der Waals surface area contributed by atoms with Crippen LogP contribution < -0.4 is 14.8 Å². The first kappa shape index (κ1) is 21.1. The molecule has 0 unspecified atom stereocenters. The molecule has 2 aromatic carbocycles. The fraction of sp³-hybridized carbons (Fsp3) is 0.261. The summed E-state index contributed by atoms with van der Waals surface area (Å²) in [5.74, 6) is 0.226. The fourth-order valence-electron chi connectivity index (χ4n) is 3.09. The van der Waals surface area contributed by atoms with Crippen molar-refractivity contribution in [3.63, 3.8) is 0 Å². The number of aromatic nitrogens is 1. The van der Waals surface area contributed by atoms with Crippen LogP contribution in [0.2, 0.25) is 0 Å². The molecule has 156 valence electrons. The summed E-state index contributed by atoms with van der Waals surface area (Å²) < 4.78 is 15.7. The molecule has 0 radical (unpaired) electrons. The Labute approximate surface area is 175 Å². The monoisotopic (exact) mass is 408 g/mol. The van der Waals surface area contributed by atoms with Crippen LogP contribution in [-0.4, -0.2) is 37.7 Å². The number of carbonyl (C=O) groups excluding carboxylic acids is 2. The number of fused-ring (bicyclic) bond motifs is 1. The molecule has 3 aromatic rings. The molecule has 1 N–H and O–H groups in total. The van der Waals surface area contributed by atoms with Crippen molar-refractivity contribution in [3.05, 3.63) is 64.8 Å². The molecule has 1 heterocycles. The van der Waals surface area contributed by atoms with Gasteiger partial charge in [-0.05, 0) is 49.7 Å². The molecule has 0 atom stereocenters. The van der Waals surface area contributed by atoms with Crippen molar-refractivity contribution in [1.29, 1.82) is 0 Å². The van der Waals surface area contributed by atoms with Gasteiger partial charge in [-0.3, -0.25) is 9.78 Å². The van der Waals surface area contributed by atoms with Gasteiger partial charge in [-0.1, -0.05) is 17.7 Å². The van der Waals surface area contributed by atoms with Gasteiger partial charge in [0.25, 0.3) is 5.91 Å². The Morgan fingerprint density at radius 2 is 1.73 bits per heavy atom. The van der Waals surface area contributed by atoms with Crippen LogP contribution in [0.5, 0.6) is 11.5 Å². The minimum absolute atomic E-state index is 0.271. The number of carbonyl (C=O) groups is 2. The summed E-state index contributed by atoms with van der Waals surface area (Å²) in [5.41, 5.74) is 3.66. The number of hydrogen-bond donors (Lipinski definition) is 1. The number of hydrogen-bond acceptors (Lipinski definition) is 6. The Morgan fingerprint density at radius 1 is 0.967 bits per heavy atom. The van der Waals surface area contributed by atoms with Crippen molar-refractivity contribution in [1.82, 2.24) is 10.3 Å². The highest BCUT2D eigenvalue weighted by atomic mass is 16.5. The van der Waals surface area contributed by atoms with Gasteiger partial charge in [0.15, 0.2) is 18.1 Å². The molecular formula is C23H24N2O5. The van der Waals surface area contributed by atoms with E-state index in [1.165, 1.54) is 0 Å². The molecule has 30 heavy (non-hydrogen) atoms. The van der Waals surface area contributed by atoms with E-state index < -0.39 is 11.9 Å². The molecule has 0 fully saturated rings. The Morgan fingerprint density at radius 3 is 2.47 bits per heavy atom. The molecule has 1 aromatic heterocycles. The minimum atomic E-state index is -0.558. The number of amides is 1. The third kappa shape index (κ3) is 4.86. The number of nitrogens with zero attached hydrogens (tertiary/aromatic N) is 1. The van der Waals surface area contributed by atoms with Crippen molar-refractivity contribution >= 4 is 22.8 Å². The fourth-order valence-corrected chi connectivity index (χ4v) is 3.09. The van der Waals surface area contributed by atoms with Crippen LogP contribution in [0.25, 0.3) is 10.9 Å². The molecule has 0 spiro atoms. The highest BCUT2D eigenvalue weighted by Gasteiger charge is 2.15. The lowest BCUT2D eigenvalue weighted by Gasteiger charge is -2.11. The molecule has 0 saturated carbocycles. The van der Waals surface area contributed by atoms with Crippen LogP contribution in [0.4, 0.5) is 0 Å². The third-order valence-electron chi connectivity index (χ3n) is 4.58. The van der Waals surface area contributed by atoms with Gasteiger partial charge in [-0.2, -0.15) is 0 Å². The molecule has 0 aliphatic rings. The van der Waals surface area contributed by atoms with Gasteiger partial charge >= 0.3 is 5.97 Å². The summed E-state index contributed by atoms with van der Waals surface area (Å²) >= 11 is 0. The van der Waals surface area contributed by atoms with Crippen LogP contribution in [0.1, 0.15) is 27.2 Å². The topological polar surface area (TPSA) is 86.8 Å². The SMILES string of the molecule is COc1ccc(CNC(=O)COC(=O)c2cc(C)nc3ccc(C)cc23)cc1OC. The number of benzene rings is 2. The van der Waals surface area contributed by atoms with Gasteiger partial charge in [0.05, 0.1) is 25.3 Å². The number of aryl methyl sites for hydroxylation is 2. The van der Waals surface area contributed by atoms with E-state index in [0.717, 1.165) is 11.1 Å². The zero-order valence-electron chi connectivity index (χ0n) is 17.4. The lowest BCUT2D eigenvalue weighted by molar-refractivity contribution is -0.124. The van der Waals surface area contributed by atoms with Gasteiger partial charge in [0.1, 0.15) is 0 Å². The second kappa shape index (κ2) is 9.26. The van der Waals surface area contributed by atoms with Gasteiger partial charge in [0.2, 0.25) is 0 Å². The Kier molecular flexibility index (Phi) is 6.51. The standard InChI is InChI=1S/C23H24N2O5/c1-14-5-7-19-17(9-14)18(10-15(2)25-19)23(27)30-13-22(26)24-12-16-6-8-20(28-3)21(11-16)29-4/h5-11H,12-13H2,1-4H3,(H,24,26). The zero-order valence-corrected chi connectivity index (χ0v) is 17.4. The predicted molar refractivity (Wildman–Crippen MR) is 113 cm³/mol. The second-order valence-electron chi connectivity index (χ2n) is 6.87. The Hall–Kier alpha value is -3.61. The van der Waals surface area contributed by atoms with E-state index in [4.69, 9.17) is 14.2 Å². The highest BCUT2D eigenvalue weighted by Crippen LogP contribution is 2.27. The summed E-state index contributed by atoms with van der Waals surface area (Å²) in [4.78, 5) is 29.2. The predicted octanol–water partition coefficient (Wildman–Crippen LogP) is 3.34. The van der Waals surface area contributed by atoms with Crippen molar-refractivity contribution in [2.24, 2.45) is 0 Å². The first-order valence-corrected chi connectivity index (χ1v) is 9.44. The number of nitrogens with one attached hydrogen (secondary N) is 1. The maximum Gasteiger partial charge on any atom is 0.339 e. The number of esters is 1. The lowest BCUT2D eigenvalue weighted by Crippen LogP contribution is -2.28. The largest absolute Gasteiger partial charge is 0.493 e. The van der Waals surface area contributed by atoms with Crippen LogP contribution in [0.15, 0.2) is 42.5 Å². The quantitative estimate of drug-likeness (QED) is 0.604. The van der Waals surface area contributed by atoms with Crippen molar-refractivity contribution in [2.45, 2.75) is 20.4 Å². The molecule has 0 aliphatic heterocycles. The molecule has 3 rings (SSSR count). The van der Waals surface area contributed by atoms with Crippen molar-refractivity contribution in [3.8, 4) is 11.5 Å². The highest BCUT2D eigenvalue weighted by molar-refractivity contribution is 6.04. The van der Waals surface area contributed by atoms with Gasteiger partial charge in [-0.15, -0.1) is 0 Å². The second-order valence-corrected chi connectivity index (χ2v) is 6.87. The third-order valence-corrected chi connectivity index (χ3v) is 4.58. The van der Waals surface area contributed by atoms with E-state index in [2.05, 4.69) is 10.3 Å². The minimum Gasteiger partial charge on any atom is -0.493 e. The normalized spacial score (nSPS) is 10.5. The maximum atomic E-state index is 12.6. The van der Waals surface area contributed by atoms with E-state index in [1.807, 2.05) is 38.1 Å². The molecule has 7 nitrogen and oxygen atoms in total. The summed E-state index contributed by atoms with van der Waals surface area (Å²) in [5, 5.41) is 3.43. The molecular weight excluding hydrogens is 384 g/mol. The molecule has 0 saturated heterocycles. The Balaban J connectivity index is 1.62. The van der Waals surface area contributed by atoms with Gasteiger partial charge in [-0.25, -0.2) is 4.79 Å². The van der Waals surface area contributed by atoms with E-state index in [0.29, 0.717) is 33.7 Å². The summed E-state index contributed by atoms with van der Waals surface area (Å²) in [6, 6.07) is 12.7. The van der Waals surface area contributed by atoms with Crippen LogP contribution in [0, 0.1) is 13.8 Å². The lowest BCUT2D eigenvalue weighted by atomic mass is 10.1. The molecule has 0 bridgehead atoms. The number of rotatable bonds is 7. The van der Waals surface area contributed by atoms with Crippen molar-refractivity contribution < 1.29 is 23.8 Å². The van der Waals surface area contributed by atoms with Crippen LogP contribution >= 0.6 is 0 Å². The molecule has 1 amide bonds. The van der Waals surface area contributed by atoms with E-state index in [9.17, 15) is 9.59 Å². The van der Waals surface area contributed by atoms with Crippen molar-refractivity contribution in [2.75, 3.05) is 20.8 Å². The van der Waals surface area contributed by atoms with Gasteiger partial charge < -0.3 is 19.5 Å². The summed E-state index contributed by atoms with van der Waals surface area (Å²) in [6.45, 7) is 3.65. The first-order chi connectivity index (χ1) is 14.4. The molecule has 7 heteroatoms. The average Bonchev–Trinajstić information content (AvgIpc) is 2.75. The van der Waals surface area contributed by atoms with E-state index >= 15 is 0 Å². The van der Waals surface area contributed by atoms with E-state index in [-0.39, 0.29) is 13.2 Å². The first-order valence-electron chi connectivity index (χ1n) is 9.44. The van der Waals surface area contributed by atoms with Gasteiger partial charge in [0, 0.05) is 17.6 Å². The number of methoxy groups -OCH3 is 2. The van der Waals surface area contributed by atoms with Crippen LogP contribution in [-0.2, 0) is 16.1 Å². The number of ether oxygens (including phenoxy) is 3. The zero-order chi connectivity index (χ0) is 21.7. The smallest absolute Gasteiger partial charge is 0.339 e. The number of pyridine rings is 1. The van der Waals surface area contributed by atoms with Crippen LogP contribution in [0.3, 0.4) is 0 Å². The summed E-state index contributed by atoms with van der Waals surface area (Å²) in [7, 11) is 3.11. The summed E-state index contributed by atoms with van der Waals surface area (Å²) in [6.07, 6.45) is 0. The average molecular weight is 408 g/mol. The van der Waals surface area contributed by atoms with E-state index in [1.54, 1.807) is 32.4 Å². The molecule has 0 aliphatic carbocycles. The Bertz CT molecular complexity index is 1090.